The summed E-state index contributed by atoms with van der Waals surface area (Å²) in [6, 6.07) is 7.11. The lowest BCUT2D eigenvalue weighted by Gasteiger charge is -2.31. The van der Waals surface area contributed by atoms with Crippen LogP contribution in [0.15, 0.2) is 42.0 Å². The molecule has 1 aliphatic rings. The van der Waals surface area contributed by atoms with Crippen molar-refractivity contribution in [2.75, 3.05) is 0 Å². The molecule has 2 aromatic rings. The van der Waals surface area contributed by atoms with Crippen molar-refractivity contribution in [1.29, 1.82) is 0 Å². The minimum Gasteiger partial charge on any atom is -0.508 e. The second-order valence-electron chi connectivity index (χ2n) is 8.85. The van der Waals surface area contributed by atoms with Gasteiger partial charge in [0.05, 0.1) is 5.60 Å². The van der Waals surface area contributed by atoms with Gasteiger partial charge in [-0.2, -0.15) is 0 Å². The Morgan fingerprint density at radius 2 is 1.78 bits per heavy atom. The molecule has 0 aromatic heterocycles. The van der Waals surface area contributed by atoms with Crippen LogP contribution < -0.4 is 4.74 Å². The smallest absolute Gasteiger partial charge is 0.202 e. The molecule has 0 aliphatic carbocycles. The molecule has 7 nitrogen and oxygen atoms in total. The van der Waals surface area contributed by atoms with Crippen molar-refractivity contribution in [2.45, 2.75) is 64.3 Å². The predicted octanol–water partition coefficient (Wildman–Crippen LogP) is 3.91. The number of fused-ring (bicyclic) bond motifs is 1. The summed E-state index contributed by atoms with van der Waals surface area (Å²) in [6.45, 7) is 5.66. The molecule has 0 amide bonds. The molecule has 7 heteroatoms. The number of carbonyl (C=O) groups is 1. The van der Waals surface area contributed by atoms with Gasteiger partial charge in [-0.05, 0) is 64.2 Å². The Kier molecular flexibility index (Phi) is 6.81. The van der Waals surface area contributed by atoms with E-state index in [9.17, 15) is 30.3 Å². The van der Waals surface area contributed by atoms with Crippen molar-refractivity contribution in [3.05, 3.63) is 58.7 Å². The second kappa shape index (κ2) is 9.22. The first-order valence-corrected chi connectivity index (χ1v) is 10.6. The van der Waals surface area contributed by atoms with Crippen LogP contribution in [-0.4, -0.2) is 43.0 Å². The van der Waals surface area contributed by atoms with Gasteiger partial charge in [-0.25, -0.2) is 0 Å². The molecular weight excluding hydrogens is 412 g/mol. The molecule has 0 saturated heterocycles. The number of Topliss-reactive ketones (excluding diaryl/α,β-unsaturated/α-hetero) is 1. The number of phenols is 3. The summed E-state index contributed by atoms with van der Waals surface area (Å²) in [5.41, 5.74) is 0.534. The second-order valence-corrected chi connectivity index (χ2v) is 8.85. The zero-order valence-corrected chi connectivity index (χ0v) is 18.5. The summed E-state index contributed by atoms with van der Waals surface area (Å²) in [6.07, 6.45) is 1.03. The van der Waals surface area contributed by atoms with Crippen LogP contribution in [0.3, 0.4) is 0 Å². The molecule has 1 heterocycles. The SMILES string of the molecule is CC(C)=CCCC(C)(O)CCc1c(O)cc2c(c1O)C(=O)C(O)C(c1ccc(O)cc1)O2. The van der Waals surface area contributed by atoms with Crippen LogP contribution in [0.25, 0.3) is 0 Å². The maximum absolute atomic E-state index is 12.9. The van der Waals surface area contributed by atoms with E-state index >= 15 is 0 Å². The standard InChI is InChI=1S/C25H30O7/c1-14(2)5-4-11-25(3,31)12-10-17-18(27)13-19-20(21(17)28)22(29)23(30)24(32-19)15-6-8-16(26)9-7-15/h5-9,13,23-24,26-28,30-31H,4,10-12H2,1-3H3. The third kappa shape index (κ3) is 5.06. The molecule has 0 radical (unpaired) electrons. The number of hydrogen-bond donors (Lipinski definition) is 5. The lowest BCUT2D eigenvalue weighted by atomic mass is 9.88. The van der Waals surface area contributed by atoms with Gasteiger partial charge in [-0.1, -0.05) is 23.8 Å². The lowest BCUT2D eigenvalue weighted by Crippen LogP contribution is -2.36. The van der Waals surface area contributed by atoms with Gasteiger partial charge in [0, 0.05) is 11.6 Å². The van der Waals surface area contributed by atoms with Gasteiger partial charge in [0.15, 0.2) is 12.2 Å². The normalized spacial score (nSPS) is 19.6. The number of hydrogen-bond acceptors (Lipinski definition) is 7. The highest BCUT2D eigenvalue weighted by molar-refractivity contribution is 6.06. The Morgan fingerprint density at radius 1 is 1.12 bits per heavy atom. The van der Waals surface area contributed by atoms with Crippen LogP contribution in [-0.2, 0) is 6.42 Å². The molecule has 32 heavy (non-hydrogen) atoms. The summed E-state index contributed by atoms with van der Waals surface area (Å²) in [5, 5.41) is 51.9. The monoisotopic (exact) mass is 442 g/mol. The maximum Gasteiger partial charge on any atom is 0.202 e. The molecule has 3 unspecified atom stereocenters. The Balaban J connectivity index is 1.84. The summed E-state index contributed by atoms with van der Waals surface area (Å²) < 4.78 is 5.75. The van der Waals surface area contributed by atoms with Crippen molar-refractivity contribution in [3.8, 4) is 23.0 Å². The highest BCUT2D eigenvalue weighted by Gasteiger charge is 2.40. The average molecular weight is 443 g/mol. The number of rotatable bonds is 7. The largest absolute Gasteiger partial charge is 0.508 e. The van der Waals surface area contributed by atoms with Crippen molar-refractivity contribution < 1.29 is 35.1 Å². The molecular formula is C25H30O7. The van der Waals surface area contributed by atoms with E-state index in [1.54, 1.807) is 6.92 Å². The van der Waals surface area contributed by atoms with Gasteiger partial charge in [0.1, 0.15) is 28.6 Å². The van der Waals surface area contributed by atoms with Gasteiger partial charge < -0.3 is 30.3 Å². The molecule has 2 aromatic carbocycles. The topological polar surface area (TPSA) is 127 Å². The maximum atomic E-state index is 12.9. The molecule has 172 valence electrons. The first-order chi connectivity index (χ1) is 15.0. The fourth-order valence-electron chi connectivity index (χ4n) is 3.84. The van der Waals surface area contributed by atoms with Gasteiger partial charge in [0.2, 0.25) is 5.78 Å². The van der Waals surface area contributed by atoms with Crippen molar-refractivity contribution >= 4 is 5.78 Å². The number of ether oxygens (including phenoxy) is 1. The predicted molar refractivity (Wildman–Crippen MR) is 119 cm³/mol. The third-order valence-corrected chi connectivity index (χ3v) is 5.77. The van der Waals surface area contributed by atoms with E-state index in [1.807, 2.05) is 19.9 Å². The minimum absolute atomic E-state index is 0.0300. The van der Waals surface area contributed by atoms with Crippen LogP contribution in [0, 0.1) is 0 Å². The van der Waals surface area contributed by atoms with E-state index in [-0.39, 0.29) is 41.2 Å². The Morgan fingerprint density at radius 3 is 2.41 bits per heavy atom. The van der Waals surface area contributed by atoms with Gasteiger partial charge in [-0.15, -0.1) is 0 Å². The number of aromatic hydroxyl groups is 3. The number of benzene rings is 2. The quantitative estimate of drug-likeness (QED) is 0.411. The number of ketones is 1. The number of aliphatic hydroxyl groups excluding tert-OH is 1. The Hall–Kier alpha value is -3.03. The minimum atomic E-state index is -1.57. The Labute approximate surface area is 187 Å². The molecule has 3 rings (SSSR count). The highest BCUT2D eigenvalue weighted by Crippen LogP contribution is 2.45. The molecule has 0 bridgehead atoms. The van der Waals surface area contributed by atoms with E-state index in [0.29, 0.717) is 18.4 Å². The molecule has 3 atom stereocenters. The van der Waals surface area contributed by atoms with Crippen molar-refractivity contribution in [1.82, 2.24) is 0 Å². The van der Waals surface area contributed by atoms with Crippen LogP contribution in [0.5, 0.6) is 23.0 Å². The highest BCUT2D eigenvalue weighted by atomic mass is 16.5. The zero-order valence-electron chi connectivity index (χ0n) is 18.5. The van der Waals surface area contributed by atoms with E-state index in [0.717, 1.165) is 5.57 Å². The Bertz CT molecular complexity index is 1020. The summed E-state index contributed by atoms with van der Waals surface area (Å²) in [4.78, 5) is 12.9. The number of allylic oxidation sites excluding steroid dienone is 2. The molecule has 5 N–H and O–H groups in total. The molecule has 0 fully saturated rings. The molecule has 0 spiro atoms. The van der Waals surface area contributed by atoms with E-state index in [2.05, 4.69) is 0 Å². The van der Waals surface area contributed by atoms with Crippen LogP contribution in [0.1, 0.15) is 67.6 Å². The first kappa shape index (κ1) is 23.6. The van der Waals surface area contributed by atoms with E-state index in [4.69, 9.17) is 4.74 Å². The van der Waals surface area contributed by atoms with Crippen molar-refractivity contribution in [2.24, 2.45) is 0 Å². The van der Waals surface area contributed by atoms with Gasteiger partial charge in [0.25, 0.3) is 0 Å². The first-order valence-electron chi connectivity index (χ1n) is 10.6. The van der Waals surface area contributed by atoms with Crippen LogP contribution >= 0.6 is 0 Å². The summed E-state index contributed by atoms with van der Waals surface area (Å²) in [5.74, 6) is -1.43. The van der Waals surface area contributed by atoms with Crippen molar-refractivity contribution in [3.63, 3.8) is 0 Å². The molecule has 0 saturated carbocycles. The fraction of sp³-hybridized carbons (Fsp3) is 0.400. The van der Waals surface area contributed by atoms with Gasteiger partial charge >= 0.3 is 0 Å². The lowest BCUT2D eigenvalue weighted by molar-refractivity contribution is 0.0210. The summed E-state index contributed by atoms with van der Waals surface area (Å²) in [7, 11) is 0. The molecule has 1 aliphatic heterocycles. The average Bonchev–Trinajstić information content (AvgIpc) is 2.70. The third-order valence-electron chi connectivity index (χ3n) is 5.77. The van der Waals surface area contributed by atoms with Gasteiger partial charge in [-0.3, -0.25) is 4.79 Å². The van der Waals surface area contributed by atoms with Crippen LogP contribution in [0.2, 0.25) is 0 Å². The van der Waals surface area contributed by atoms with E-state index in [1.165, 1.54) is 30.3 Å². The van der Waals surface area contributed by atoms with Crippen LogP contribution in [0.4, 0.5) is 0 Å². The van der Waals surface area contributed by atoms with E-state index < -0.39 is 29.3 Å². The fourth-order valence-corrected chi connectivity index (χ4v) is 3.84. The number of carbonyl (C=O) groups excluding carboxylic acids is 1. The summed E-state index contributed by atoms with van der Waals surface area (Å²) >= 11 is 0. The number of phenolic OH excluding ortho intramolecular Hbond substituents is 3. The zero-order chi connectivity index (χ0) is 23.6. The number of aliphatic hydroxyl groups is 2.